The third-order valence-electron chi connectivity index (χ3n) is 5.39. The van der Waals surface area contributed by atoms with Gasteiger partial charge in [-0.15, -0.1) is 0 Å². The lowest BCUT2D eigenvalue weighted by Crippen LogP contribution is -2.37. The average molecular weight is 425 g/mol. The number of hydrogen-bond donors (Lipinski definition) is 1. The van der Waals surface area contributed by atoms with E-state index in [4.69, 9.17) is 0 Å². The van der Waals surface area contributed by atoms with Crippen LogP contribution >= 0.6 is 0 Å². The zero-order valence-corrected chi connectivity index (χ0v) is 17.0. The van der Waals surface area contributed by atoms with E-state index in [-0.39, 0.29) is 22.9 Å². The van der Waals surface area contributed by atoms with Crippen molar-refractivity contribution in [3.05, 3.63) is 65.4 Å². The second-order valence-corrected chi connectivity index (χ2v) is 7.57. The summed E-state index contributed by atoms with van der Waals surface area (Å²) in [5, 5.41) is 2.66. The highest BCUT2D eigenvalue weighted by molar-refractivity contribution is 6.45. The van der Waals surface area contributed by atoms with Crippen LogP contribution in [0.1, 0.15) is 31.7 Å². The topological polar surface area (TPSA) is 69.7 Å². The number of carbonyl (C=O) groups excluding carboxylic acids is 3. The number of carbonyl (C=O) groups is 3. The number of rotatable bonds is 4. The first-order valence-electron chi connectivity index (χ1n) is 10.1. The molecule has 1 N–H and O–H groups in total. The van der Waals surface area contributed by atoms with Crippen molar-refractivity contribution in [2.24, 2.45) is 0 Å². The van der Waals surface area contributed by atoms with E-state index in [0.29, 0.717) is 24.3 Å². The molecule has 160 valence electrons. The predicted molar refractivity (Wildman–Crippen MR) is 112 cm³/mol. The van der Waals surface area contributed by atoms with Crippen molar-refractivity contribution in [3.8, 4) is 0 Å². The van der Waals surface area contributed by atoms with Crippen LogP contribution in [0.4, 0.5) is 20.2 Å². The second-order valence-electron chi connectivity index (χ2n) is 7.57. The van der Waals surface area contributed by atoms with Crippen molar-refractivity contribution in [1.29, 1.82) is 0 Å². The molecule has 0 radical (unpaired) electrons. The Morgan fingerprint density at radius 3 is 2.19 bits per heavy atom. The van der Waals surface area contributed by atoms with Gasteiger partial charge in [0.2, 0.25) is 5.91 Å². The molecule has 2 aliphatic rings. The summed E-state index contributed by atoms with van der Waals surface area (Å²) in [6, 6.07) is 9.57. The highest BCUT2D eigenvalue weighted by atomic mass is 19.2. The number of piperidine rings is 1. The van der Waals surface area contributed by atoms with Crippen molar-refractivity contribution in [3.63, 3.8) is 0 Å². The molecule has 0 spiro atoms. The van der Waals surface area contributed by atoms with Gasteiger partial charge in [0.05, 0.1) is 11.3 Å². The zero-order valence-electron chi connectivity index (χ0n) is 17.0. The normalized spacial score (nSPS) is 16.9. The fourth-order valence-electron chi connectivity index (χ4n) is 3.97. The Labute approximate surface area is 178 Å². The van der Waals surface area contributed by atoms with E-state index in [1.807, 2.05) is 4.90 Å². The second kappa shape index (κ2) is 8.29. The molecule has 0 aliphatic carbocycles. The van der Waals surface area contributed by atoms with Crippen LogP contribution < -0.4 is 10.2 Å². The van der Waals surface area contributed by atoms with Crippen LogP contribution in [-0.4, -0.2) is 35.7 Å². The van der Waals surface area contributed by atoms with Crippen LogP contribution in [0.15, 0.2) is 48.2 Å². The van der Waals surface area contributed by atoms with Crippen LogP contribution in [0.2, 0.25) is 0 Å². The Balaban J connectivity index is 1.78. The molecule has 0 unspecified atom stereocenters. The van der Waals surface area contributed by atoms with Crippen LogP contribution in [0.25, 0.3) is 5.57 Å². The summed E-state index contributed by atoms with van der Waals surface area (Å²) >= 11 is 0. The van der Waals surface area contributed by atoms with Crippen molar-refractivity contribution in [1.82, 2.24) is 4.90 Å². The molecular weight excluding hydrogens is 404 g/mol. The van der Waals surface area contributed by atoms with Crippen molar-refractivity contribution in [2.45, 2.75) is 26.2 Å². The number of hydrogen-bond acceptors (Lipinski definition) is 4. The lowest BCUT2D eigenvalue weighted by atomic mass is 10.0. The number of imide groups is 1. The van der Waals surface area contributed by atoms with E-state index in [1.54, 1.807) is 24.3 Å². The number of benzene rings is 2. The molecule has 0 aromatic heterocycles. The number of amides is 3. The molecule has 0 saturated carbocycles. The molecule has 1 fully saturated rings. The maximum atomic E-state index is 13.8. The molecule has 0 bridgehead atoms. The van der Waals surface area contributed by atoms with Gasteiger partial charge in [-0.3, -0.25) is 14.4 Å². The van der Waals surface area contributed by atoms with Gasteiger partial charge in [-0.05, 0) is 49.1 Å². The first kappa shape index (κ1) is 20.7. The summed E-state index contributed by atoms with van der Waals surface area (Å²) in [5.41, 5.74) is 1.53. The number of nitrogens with one attached hydrogen (secondary N) is 1. The van der Waals surface area contributed by atoms with E-state index in [1.165, 1.54) is 13.0 Å². The smallest absolute Gasteiger partial charge is 0.282 e. The highest BCUT2D eigenvalue weighted by Gasteiger charge is 2.42. The highest BCUT2D eigenvalue weighted by Crippen LogP contribution is 2.36. The Bertz CT molecular complexity index is 1090. The summed E-state index contributed by atoms with van der Waals surface area (Å²) < 4.78 is 27.2. The maximum absolute atomic E-state index is 13.8. The Kier molecular flexibility index (Phi) is 5.54. The van der Waals surface area contributed by atoms with Gasteiger partial charge < -0.3 is 10.2 Å². The fourth-order valence-corrected chi connectivity index (χ4v) is 3.97. The first-order chi connectivity index (χ1) is 14.9. The molecule has 0 atom stereocenters. The van der Waals surface area contributed by atoms with Gasteiger partial charge in [-0.2, -0.15) is 0 Å². The minimum absolute atomic E-state index is 0.0201. The minimum atomic E-state index is -1.13. The minimum Gasteiger partial charge on any atom is -0.366 e. The molecule has 1 saturated heterocycles. The molecule has 3 amide bonds. The molecule has 4 rings (SSSR count). The molecule has 2 aliphatic heterocycles. The third kappa shape index (κ3) is 3.93. The molecule has 2 heterocycles. The quantitative estimate of drug-likeness (QED) is 0.759. The van der Waals surface area contributed by atoms with Crippen LogP contribution in [-0.2, 0) is 14.4 Å². The molecule has 6 nitrogen and oxygen atoms in total. The van der Waals surface area contributed by atoms with Crippen LogP contribution in [0.3, 0.4) is 0 Å². The van der Waals surface area contributed by atoms with E-state index >= 15 is 0 Å². The van der Waals surface area contributed by atoms with Crippen LogP contribution in [0.5, 0.6) is 0 Å². The monoisotopic (exact) mass is 425 g/mol. The Hall–Kier alpha value is -3.55. The van der Waals surface area contributed by atoms with Gasteiger partial charge >= 0.3 is 0 Å². The van der Waals surface area contributed by atoms with Gasteiger partial charge in [0.15, 0.2) is 11.6 Å². The molecule has 2 aromatic carbocycles. The van der Waals surface area contributed by atoms with Crippen molar-refractivity contribution < 1.29 is 23.2 Å². The van der Waals surface area contributed by atoms with E-state index in [9.17, 15) is 23.2 Å². The summed E-state index contributed by atoms with van der Waals surface area (Å²) in [6.07, 6.45) is 2.83. The number of anilines is 2. The fraction of sp³-hybridized carbons (Fsp3) is 0.261. The summed E-state index contributed by atoms with van der Waals surface area (Å²) in [4.78, 5) is 40.8. The summed E-state index contributed by atoms with van der Waals surface area (Å²) in [6.45, 7) is 2.66. The van der Waals surface area contributed by atoms with Gasteiger partial charge in [0, 0.05) is 31.8 Å². The number of likely N-dealkylation sites (tertiary alicyclic amines) is 1. The number of nitrogens with zero attached hydrogens (tertiary/aromatic N) is 2. The average Bonchev–Trinajstić information content (AvgIpc) is 3.01. The van der Waals surface area contributed by atoms with E-state index in [0.717, 1.165) is 36.3 Å². The van der Waals surface area contributed by atoms with Gasteiger partial charge in [-0.25, -0.2) is 13.7 Å². The Morgan fingerprint density at radius 1 is 0.903 bits per heavy atom. The van der Waals surface area contributed by atoms with E-state index in [2.05, 4.69) is 5.32 Å². The van der Waals surface area contributed by atoms with Crippen LogP contribution in [0, 0.1) is 11.6 Å². The van der Waals surface area contributed by atoms with Gasteiger partial charge in [0.1, 0.15) is 5.70 Å². The van der Waals surface area contributed by atoms with Gasteiger partial charge in [-0.1, -0.05) is 12.1 Å². The summed E-state index contributed by atoms with van der Waals surface area (Å²) in [7, 11) is 0. The SMILES string of the molecule is CC(=O)Nc1ccc(C2=C(N3CCCCC3)C(=O)N(c3ccc(F)c(F)c3)C2=O)cc1. The molecule has 31 heavy (non-hydrogen) atoms. The summed E-state index contributed by atoms with van der Waals surface area (Å²) in [5.74, 6) is -3.56. The van der Waals surface area contributed by atoms with Crippen molar-refractivity contribution >= 4 is 34.7 Å². The predicted octanol–water partition coefficient (Wildman–Crippen LogP) is 3.69. The lowest BCUT2D eigenvalue weighted by molar-refractivity contribution is -0.121. The third-order valence-corrected chi connectivity index (χ3v) is 5.39. The maximum Gasteiger partial charge on any atom is 0.282 e. The largest absolute Gasteiger partial charge is 0.366 e. The van der Waals surface area contributed by atoms with E-state index < -0.39 is 23.4 Å². The molecular formula is C23H21F2N3O3. The van der Waals surface area contributed by atoms with Gasteiger partial charge in [0.25, 0.3) is 11.8 Å². The lowest BCUT2D eigenvalue weighted by Gasteiger charge is -2.29. The zero-order chi connectivity index (χ0) is 22.1. The molecule has 8 heteroatoms. The molecule has 2 aromatic rings. The van der Waals surface area contributed by atoms with Crippen molar-refractivity contribution in [2.75, 3.05) is 23.3 Å². The first-order valence-corrected chi connectivity index (χ1v) is 10.1. The Morgan fingerprint density at radius 2 is 1.58 bits per heavy atom. The standard InChI is InChI=1S/C23H21F2N3O3/c1-14(29)26-16-7-5-15(6-8-16)20-21(27-11-3-2-4-12-27)23(31)28(22(20)30)17-9-10-18(24)19(25)13-17/h5-10,13H,2-4,11-12H2,1H3,(H,26,29). The number of halogens is 2.